The summed E-state index contributed by atoms with van der Waals surface area (Å²) in [6, 6.07) is 7.70. The van der Waals surface area contributed by atoms with Gasteiger partial charge in [0.05, 0.1) is 16.9 Å². The normalized spacial score (nSPS) is 14.0. The van der Waals surface area contributed by atoms with Gasteiger partial charge in [-0.2, -0.15) is 0 Å². The monoisotopic (exact) mass is 513 g/mol. The van der Waals surface area contributed by atoms with Crippen molar-refractivity contribution in [3.8, 4) is 0 Å². The van der Waals surface area contributed by atoms with Crippen molar-refractivity contribution in [1.29, 1.82) is 0 Å². The van der Waals surface area contributed by atoms with Gasteiger partial charge in [-0.25, -0.2) is 0 Å². The third-order valence-electron chi connectivity index (χ3n) is 3.15. The number of guanidine groups is 1. The number of nitrogens with one attached hydrogen (secondary N) is 2. The molecule has 128 valence electrons. The van der Waals surface area contributed by atoms with Gasteiger partial charge in [-0.15, -0.1) is 35.3 Å². The van der Waals surface area contributed by atoms with Gasteiger partial charge < -0.3 is 20.2 Å². The van der Waals surface area contributed by atoms with Gasteiger partial charge in [0.2, 0.25) is 0 Å². The summed E-state index contributed by atoms with van der Waals surface area (Å²) in [6.07, 6.45) is 0. The highest BCUT2D eigenvalue weighted by Gasteiger charge is 2.27. The fourth-order valence-electron chi connectivity index (χ4n) is 1.91. The Kier molecular flexibility index (Phi) is 8.05. The van der Waals surface area contributed by atoms with Gasteiger partial charge in [0.25, 0.3) is 0 Å². The number of rotatable bonds is 5. The molecule has 0 spiro atoms. The van der Waals surface area contributed by atoms with Crippen molar-refractivity contribution in [3.05, 3.63) is 44.4 Å². The Morgan fingerprint density at radius 3 is 2.61 bits per heavy atom. The highest BCUT2D eigenvalue weighted by molar-refractivity contribution is 14.0. The van der Waals surface area contributed by atoms with Gasteiger partial charge >= 0.3 is 0 Å². The van der Waals surface area contributed by atoms with Crippen LogP contribution < -0.4 is 10.6 Å². The van der Waals surface area contributed by atoms with Crippen LogP contribution in [0.5, 0.6) is 0 Å². The van der Waals surface area contributed by atoms with Crippen LogP contribution in [0.25, 0.3) is 0 Å². The molecule has 1 unspecified atom stereocenters. The average molecular weight is 514 g/mol. The number of hydrogen-bond donors (Lipinski definition) is 3. The molecule has 23 heavy (non-hydrogen) atoms. The van der Waals surface area contributed by atoms with Crippen molar-refractivity contribution in [1.82, 2.24) is 10.6 Å². The lowest BCUT2D eigenvalue weighted by atomic mass is 10.0. The lowest BCUT2D eigenvalue weighted by Gasteiger charge is -2.22. The van der Waals surface area contributed by atoms with E-state index in [2.05, 4.69) is 37.6 Å². The van der Waals surface area contributed by atoms with Gasteiger partial charge in [0.1, 0.15) is 17.1 Å². The predicted octanol–water partition coefficient (Wildman–Crippen LogP) is 3.60. The SMILES string of the molecule is CN=C(NCc1ccc(Br)s1)NCC(C)(O)c1ccc(C)o1.I. The summed E-state index contributed by atoms with van der Waals surface area (Å²) < 4.78 is 6.59. The Hall–Kier alpha value is -0.580. The largest absolute Gasteiger partial charge is 0.463 e. The molecule has 8 heteroatoms. The van der Waals surface area contributed by atoms with Gasteiger partial charge in [-0.1, -0.05) is 0 Å². The van der Waals surface area contributed by atoms with Crippen LogP contribution in [0, 0.1) is 6.92 Å². The molecule has 0 aromatic carbocycles. The maximum Gasteiger partial charge on any atom is 0.191 e. The van der Waals surface area contributed by atoms with Gasteiger partial charge in [-0.3, -0.25) is 4.99 Å². The Morgan fingerprint density at radius 1 is 1.35 bits per heavy atom. The smallest absolute Gasteiger partial charge is 0.191 e. The third kappa shape index (κ3) is 6.09. The maximum atomic E-state index is 10.5. The molecule has 2 aromatic heterocycles. The number of nitrogens with zero attached hydrogens (tertiary/aromatic N) is 1. The number of hydrogen-bond acceptors (Lipinski definition) is 4. The summed E-state index contributed by atoms with van der Waals surface area (Å²) in [6.45, 7) is 4.54. The van der Waals surface area contributed by atoms with E-state index in [0.29, 0.717) is 24.8 Å². The van der Waals surface area contributed by atoms with Crippen LogP contribution in [-0.4, -0.2) is 24.7 Å². The molecular formula is C15H21BrIN3O2S. The van der Waals surface area contributed by atoms with Crippen molar-refractivity contribution < 1.29 is 9.52 Å². The standard InChI is InChI=1S/C15H20BrN3O2S.HI/c1-10-4-6-12(21-10)15(2,20)9-19-14(17-3)18-8-11-5-7-13(16)22-11;/h4-7,20H,8-9H2,1-3H3,(H2,17,18,19);1H. The van der Waals surface area contributed by atoms with E-state index in [-0.39, 0.29) is 24.0 Å². The van der Waals surface area contributed by atoms with E-state index in [9.17, 15) is 5.11 Å². The molecule has 3 N–H and O–H groups in total. The molecule has 1 atom stereocenters. The fraction of sp³-hybridized carbons (Fsp3) is 0.400. The first-order valence-electron chi connectivity index (χ1n) is 6.89. The highest BCUT2D eigenvalue weighted by atomic mass is 127. The first kappa shape index (κ1) is 20.5. The van der Waals surface area contributed by atoms with Crippen LogP contribution in [-0.2, 0) is 12.1 Å². The number of furan rings is 1. The molecule has 0 bridgehead atoms. The molecule has 0 aliphatic carbocycles. The second kappa shape index (κ2) is 9.05. The maximum absolute atomic E-state index is 10.5. The van der Waals surface area contributed by atoms with Crippen molar-refractivity contribution in [2.24, 2.45) is 4.99 Å². The summed E-state index contributed by atoms with van der Waals surface area (Å²) >= 11 is 5.11. The lowest BCUT2D eigenvalue weighted by molar-refractivity contribution is 0.0378. The molecule has 0 saturated heterocycles. The van der Waals surface area contributed by atoms with Crippen LogP contribution in [0.4, 0.5) is 0 Å². The first-order chi connectivity index (χ1) is 10.4. The molecule has 0 aliphatic heterocycles. The molecule has 0 aliphatic rings. The highest BCUT2D eigenvalue weighted by Crippen LogP contribution is 2.22. The molecule has 0 radical (unpaired) electrons. The second-order valence-electron chi connectivity index (χ2n) is 5.17. The molecule has 0 amide bonds. The fourth-order valence-corrected chi connectivity index (χ4v) is 3.33. The Labute approximate surface area is 165 Å². The van der Waals surface area contributed by atoms with E-state index in [1.165, 1.54) is 4.88 Å². The molecule has 2 rings (SSSR count). The quantitative estimate of drug-likeness (QED) is 0.324. The zero-order valence-corrected chi connectivity index (χ0v) is 18.0. The summed E-state index contributed by atoms with van der Waals surface area (Å²) in [5, 5.41) is 16.8. The number of aliphatic hydroxyl groups is 1. The minimum Gasteiger partial charge on any atom is -0.463 e. The average Bonchev–Trinajstić information content (AvgIpc) is 3.08. The minimum atomic E-state index is -1.10. The number of halogens is 2. The van der Waals surface area contributed by atoms with E-state index < -0.39 is 5.60 Å². The third-order valence-corrected chi connectivity index (χ3v) is 4.78. The van der Waals surface area contributed by atoms with Crippen molar-refractivity contribution in [3.63, 3.8) is 0 Å². The lowest BCUT2D eigenvalue weighted by Crippen LogP contribution is -2.44. The van der Waals surface area contributed by atoms with Crippen LogP contribution >= 0.6 is 51.2 Å². The zero-order valence-electron chi connectivity index (χ0n) is 13.2. The predicted molar refractivity (Wildman–Crippen MR) is 109 cm³/mol. The van der Waals surface area contributed by atoms with Crippen LogP contribution in [0.15, 0.2) is 37.5 Å². The van der Waals surface area contributed by atoms with Crippen molar-refractivity contribution >= 4 is 57.2 Å². The second-order valence-corrected chi connectivity index (χ2v) is 7.72. The van der Waals surface area contributed by atoms with Gasteiger partial charge in [0, 0.05) is 11.9 Å². The van der Waals surface area contributed by atoms with E-state index >= 15 is 0 Å². The Balaban J connectivity index is 0.00000264. The summed E-state index contributed by atoms with van der Waals surface area (Å²) in [7, 11) is 1.70. The number of aryl methyl sites for hydroxylation is 1. The molecule has 5 nitrogen and oxygen atoms in total. The van der Waals surface area contributed by atoms with Crippen LogP contribution in [0.2, 0.25) is 0 Å². The van der Waals surface area contributed by atoms with Crippen LogP contribution in [0.1, 0.15) is 23.3 Å². The minimum absolute atomic E-state index is 0. The number of thiophene rings is 1. The molecule has 0 fully saturated rings. The van der Waals surface area contributed by atoms with Crippen molar-refractivity contribution in [2.45, 2.75) is 26.0 Å². The summed E-state index contributed by atoms with van der Waals surface area (Å²) in [5.41, 5.74) is -1.10. The number of aliphatic imine (C=N–C) groups is 1. The van der Waals surface area contributed by atoms with Gasteiger partial charge in [0.15, 0.2) is 5.96 Å². The van der Waals surface area contributed by atoms with E-state index in [0.717, 1.165) is 9.55 Å². The Morgan fingerprint density at radius 2 is 2.09 bits per heavy atom. The summed E-state index contributed by atoms with van der Waals surface area (Å²) in [4.78, 5) is 5.35. The molecule has 2 aromatic rings. The Bertz CT molecular complexity index is 655. The topological polar surface area (TPSA) is 69.8 Å². The zero-order chi connectivity index (χ0) is 16.2. The first-order valence-corrected chi connectivity index (χ1v) is 8.49. The van der Waals surface area contributed by atoms with E-state index in [1.54, 1.807) is 31.4 Å². The van der Waals surface area contributed by atoms with E-state index in [1.807, 2.05) is 19.1 Å². The molecule has 0 saturated carbocycles. The van der Waals surface area contributed by atoms with Crippen LogP contribution in [0.3, 0.4) is 0 Å². The molecular weight excluding hydrogens is 493 g/mol. The van der Waals surface area contributed by atoms with E-state index in [4.69, 9.17) is 4.42 Å². The van der Waals surface area contributed by atoms with Crippen molar-refractivity contribution in [2.75, 3.05) is 13.6 Å². The summed E-state index contributed by atoms with van der Waals surface area (Å²) in [5.74, 6) is 1.95. The molecule has 2 heterocycles. The van der Waals surface area contributed by atoms with Gasteiger partial charge in [-0.05, 0) is 54.0 Å².